The van der Waals surface area contributed by atoms with Crippen LogP contribution >= 0.6 is 22.7 Å². The number of carbonyl (C=O) groups is 2. The van der Waals surface area contributed by atoms with Crippen LogP contribution in [0.5, 0.6) is 5.75 Å². The van der Waals surface area contributed by atoms with Crippen LogP contribution in [0.15, 0.2) is 29.6 Å². The number of thiophene rings is 1. The van der Waals surface area contributed by atoms with Gasteiger partial charge in [-0.2, -0.15) is 0 Å². The van der Waals surface area contributed by atoms with Crippen LogP contribution < -0.4 is 15.8 Å². The lowest BCUT2D eigenvalue weighted by Gasteiger charge is -2.04. The first-order valence-electron chi connectivity index (χ1n) is 8.66. The average molecular weight is 416 g/mol. The van der Waals surface area contributed by atoms with Gasteiger partial charge < -0.3 is 15.8 Å². The number of nitrogens with two attached hydrogens (primary N) is 1. The van der Waals surface area contributed by atoms with Gasteiger partial charge >= 0.3 is 0 Å². The molecule has 3 rings (SSSR count). The van der Waals surface area contributed by atoms with Crippen LogP contribution in [0.1, 0.15) is 37.1 Å². The Morgan fingerprint density at radius 1 is 1.18 bits per heavy atom. The normalized spacial score (nSPS) is 10.7. The molecule has 0 spiro atoms. The Morgan fingerprint density at radius 3 is 2.57 bits per heavy atom. The fraction of sp³-hybridized carbons (Fsp3) is 0.250. The monoisotopic (exact) mass is 415 g/mol. The predicted octanol–water partition coefficient (Wildman–Crippen LogP) is 3.99. The summed E-state index contributed by atoms with van der Waals surface area (Å²) in [6.07, 6.45) is 0.120. The zero-order valence-corrected chi connectivity index (χ0v) is 17.5. The third kappa shape index (κ3) is 4.76. The van der Waals surface area contributed by atoms with E-state index in [-0.39, 0.29) is 12.3 Å². The Morgan fingerprint density at radius 2 is 1.89 bits per heavy atom. The summed E-state index contributed by atoms with van der Waals surface area (Å²) >= 11 is 2.80. The quantitative estimate of drug-likeness (QED) is 0.610. The van der Waals surface area contributed by atoms with Gasteiger partial charge in [0.15, 0.2) is 0 Å². The van der Waals surface area contributed by atoms with Crippen molar-refractivity contribution < 1.29 is 14.3 Å². The standard InChI is InChI=1S/C20H21N3O3S2/c1-11-4-6-15(7-5-11)26-9-17-22-14(10-27-17)8-16(24)23-20-18(19(21)25)12(2)13(3)28-20/h4-7,10H,8-9H2,1-3H3,(H2,21,25)(H,23,24). The van der Waals surface area contributed by atoms with E-state index in [0.29, 0.717) is 22.9 Å². The zero-order valence-electron chi connectivity index (χ0n) is 15.9. The van der Waals surface area contributed by atoms with Gasteiger partial charge in [-0.05, 0) is 38.5 Å². The number of anilines is 1. The van der Waals surface area contributed by atoms with Gasteiger partial charge in [0.25, 0.3) is 5.91 Å². The van der Waals surface area contributed by atoms with Gasteiger partial charge in [0.2, 0.25) is 5.91 Å². The van der Waals surface area contributed by atoms with E-state index in [4.69, 9.17) is 10.5 Å². The Kier molecular flexibility index (Phi) is 6.11. The lowest BCUT2D eigenvalue weighted by atomic mass is 10.1. The number of hydrogen-bond acceptors (Lipinski definition) is 6. The summed E-state index contributed by atoms with van der Waals surface area (Å²) in [5.74, 6) is 0.00362. The number of primary amides is 1. The van der Waals surface area contributed by atoms with Crippen LogP contribution in [0.4, 0.5) is 5.00 Å². The molecule has 0 bridgehead atoms. The van der Waals surface area contributed by atoms with Crippen molar-refractivity contribution >= 4 is 39.5 Å². The highest BCUT2D eigenvalue weighted by molar-refractivity contribution is 7.16. The number of nitrogens with one attached hydrogen (secondary N) is 1. The molecule has 146 valence electrons. The number of thiazole rings is 1. The van der Waals surface area contributed by atoms with Crippen LogP contribution in [-0.2, 0) is 17.8 Å². The molecule has 1 aromatic carbocycles. The lowest BCUT2D eigenvalue weighted by Crippen LogP contribution is -2.18. The maximum absolute atomic E-state index is 12.4. The number of amides is 2. The summed E-state index contributed by atoms with van der Waals surface area (Å²) in [5, 5.41) is 5.91. The Labute approximate surface area is 171 Å². The van der Waals surface area contributed by atoms with Crippen molar-refractivity contribution in [3.05, 3.63) is 61.9 Å². The molecule has 0 radical (unpaired) electrons. The van der Waals surface area contributed by atoms with E-state index < -0.39 is 5.91 Å². The Balaban J connectivity index is 1.59. The minimum atomic E-state index is -0.540. The molecule has 0 aliphatic heterocycles. The number of hydrogen-bond donors (Lipinski definition) is 2. The van der Waals surface area contributed by atoms with Gasteiger partial charge in [0, 0.05) is 10.3 Å². The third-order valence-corrected chi connectivity index (χ3v) is 6.20. The molecule has 0 saturated carbocycles. The van der Waals surface area contributed by atoms with Crippen LogP contribution in [0.3, 0.4) is 0 Å². The molecule has 0 aliphatic carbocycles. The summed E-state index contributed by atoms with van der Waals surface area (Å²) in [6, 6.07) is 7.81. The fourth-order valence-electron chi connectivity index (χ4n) is 2.62. The van der Waals surface area contributed by atoms with E-state index >= 15 is 0 Å². The molecule has 28 heavy (non-hydrogen) atoms. The molecule has 3 aromatic rings. The van der Waals surface area contributed by atoms with Crippen molar-refractivity contribution in [2.45, 2.75) is 33.8 Å². The summed E-state index contributed by atoms with van der Waals surface area (Å²) in [6.45, 7) is 6.09. The average Bonchev–Trinajstić information content (AvgIpc) is 3.18. The molecule has 2 aromatic heterocycles. The molecule has 8 heteroatoms. The molecule has 0 unspecified atom stereocenters. The number of nitrogens with zero attached hydrogens (tertiary/aromatic N) is 1. The maximum Gasteiger partial charge on any atom is 0.251 e. The number of carbonyl (C=O) groups excluding carboxylic acids is 2. The van der Waals surface area contributed by atoms with Crippen molar-refractivity contribution in [1.29, 1.82) is 0 Å². The van der Waals surface area contributed by atoms with Gasteiger partial charge in [-0.3, -0.25) is 9.59 Å². The van der Waals surface area contributed by atoms with Gasteiger partial charge in [0.1, 0.15) is 22.4 Å². The number of ether oxygens (including phenoxy) is 1. The van der Waals surface area contributed by atoms with Gasteiger partial charge in [-0.1, -0.05) is 17.7 Å². The molecule has 0 atom stereocenters. The molecule has 2 heterocycles. The molecule has 0 aliphatic rings. The SMILES string of the molecule is Cc1ccc(OCc2nc(CC(=O)Nc3sc(C)c(C)c3C(N)=O)cs2)cc1. The van der Waals surface area contributed by atoms with Gasteiger partial charge in [-0.25, -0.2) is 4.98 Å². The highest BCUT2D eigenvalue weighted by atomic mass is 32.1. The summed E-state index contributed by atoms with van der Waals surface area (Å²) in [7, 11) is 0. The number of rotatable bonds is 7. The Bertz CT molecular complexity index is 1010. The smallest absolute Gasteiger partial charge is 0.251 e. The second kappa shape index (κ2) is 8.53. The van der Waals surface area contributed by atoms with Crippen LogP contribution in [0.25, 0.3) is 0 Å². The summed E-state index contributed by atoms with van der Waals surface area (Å²) in [5.41, 5.74) is 8.46. The minimum Gasteiger partial charge on any atom is -0.486 e. The van der Waals surface area contributed by atoms with Crippen molar-refractivity contribution in [2.24, 2.45) is 5.73 Å². The van der Waals surface area contributed by atoms with Crippen molar-refractivity contribution in [3.8, 4) is 5.75 Å². The minimum absolute atomic E-state index is 0.120. The predicted molar refractivity (Wildman–Crippen MR) is 112 cm³/mol. The van der Waals surface area contributed by atoms with E-state index in [0.717, 1.165) is 21.2 Å². The number of benzene rings is 1. The van der Waals surface area contributed by atoms with E-state index in [1.807, 2.05) is 50.4 Å². The molecule has 0 fully saturated rings. The largest absolute Gasteiger partial charge is 0.486 e. The van der Waals surface area contributed by atoms with Crippen LogP contribution in [-0.4, -0.2) is 16.8 Å². The highest BCUT2D eigenvalue weighted by Gasteiger charge is 2.19. The van der Waals surface area contributed by atoms with Crippen molar-refractivity contribution in [2.75, 3.05) is 5.32 Å². The topological polar surface area (TPSA) is 94.3 Å². The summed E-state index contributed by atoms with van der Waals surface area (Å²) in [4.78, 5) is 29.4. The molecule has 3 N–H and O–H groups in total. The molecule has 6 nitrogen and oxygen atoms in total. The first-order chi connectivity index (χ1) is 13.3. The van der Waals surface area contributed by atoms with Crippen molar-refractivity contribution in [3.63, 3.8) is 0 Å². The van der Waals surface area contributed by atoms with Crippen molar-refractivity contribution in [1.82, 2.24) is 4.98 Å². The molecular formula is C20H21N3O3S2. The zero-order chi connectivity index (χ0) is 20.3. The third-order valence-electron chi connectivity index (χ3n) is 4.21. The van der Waals surface area contributed by atoms with E-state index in [1.165, 1.54) is 28.2 Å². The Hall–Kier alpha value is -2.71. The lowest BCUT2D eigenvalue weighted by molar-refractivity contribution is -0.115. The number of aryl methyl sites for hydroxylation is 2. The van der Waals surface area contributed by atoms with E-state index in [9.17, 15) is 9.59 Å². The first-order valence-corrected chi connectivity index (χ1v) is 10.4. The van der Waals surface area contributed by atoms with Crippen LogP contribution in [0, 0.1) is 20.8 Å². The fourth-order valence-corrected chi connectivity index (χ4v) is 4.41. The summed E-state index contributed by atoms with van der Waals surface area (Å²) < 4.78 is 5.72. The molecule has 2 amide bonds. The first kappa shape index (κ1) is 20.0. The van der Waals surface area contributed by atoms with E-state index in [1.54, 1.807) is 0 Å². The molecule has 0 saturated heterocycles. The highest BCUT2D eigenvalue weighted by Crippen LogP contribution is 2.32. The number of aromatic nitrogens is 1. The van der Waals surface area contributed by atoms with Crippen LogP contribution in [0.2, 0.25) is 0 Å². The second-order valence-corrected chi connectivity index (χ2v) is 8.58. The van der Waals surface area contributed by atoms with E-state index in [2.05, 4.69) is 10.3 Å². The van der Waals surface area contributed by atoms with Gasteiger partial charge in [-0.15, -0.1) is 22.7 Å². The maximum atomic E-state index is 12.4. The second-order valence-electron chi connectivity index (χ2n) is 6.41. The van der Waals surface area contributed by atoms with Gasteiger partial charge in [0.05, 0.1) is 17.7 Å². The molecular weight excluding hydrogens is 394 g/mol.